The fourth-order valence-electron chi connectivity index (χ4n) is 10.2. The zero-order valence-corrected chi connectivity index (χ0v) is 32.2. The molecule has 2 aliphatic heterocycles. The number of para-hydroxylation sites is 1. The van der Waals surface area contributed by atoms with E-state index >= 15 is 0 Å². The molecule has 0 N–H and O–H groups in total. The number of benzene rings is 8. The van der Waals surface area contributed by atoms with Crippen molar-refractivity contribution in [3.8, 4) is 39.3 Å². The average molecular weight is 745 g/mol. The van der Waals surface area contributed by atoms with Crippen LogP contribution in [0.4, 0.5) is 11.4 Å². The van der Waals surface area contributed by atoms with E-state index in [1.54, 1.807) is 0 Å². The molecule has 13 rings (SSSR count). The molecule has 0 spiro atoms. The van der Waals surface area contributed by atoms with Gasteiger partial charge in [0.15, 0.2) is 0 Å². The van der Waals surface area contributed by atoms with Crippen LogP contribution in [0.5, 0.6) is 0 Å². The maximum Gasteiger partial charge on any atom is 0.333 e. The third-order valence-electron chi connectivity index (χ3n) is 12.5. The van der Waals surface area contributed by atoms with Gasteiger partial charge < -0.3 is 13.8 Å². The van der Waals surface area contributed by atoms with Crippen LogP contribution >= 0.6 is 11.3 Å². The van der Waals surface area contributed by atoms with Gasteiger partial charge in [-0.2, -0.15) is 0 Å². The normalized spacial score (nSPS) is 13.0. The second-order valence-electron chi connectivity index (χ2n) is 15.7. The van der Waals surface area contributed by atoms with Crippen LogP contribution in [0.2, 0.25) is 0 Å². The number of aryl methyl sites for hydroxylation is 2. The smallest absolute Gasteiger partial charge is 0.333 e. The first-order valence-corrected chi connectivity index (χ1v) is 20.5. The van der Waals surface area contributed by atoms with Crippen molar-refractivity contribution in [2.75, 3.05) is 4.81 Å². The summed E-state index contributed by atoms with van der Waals surface area (Å²) in [6.45, 7) is 4.38. The number of hydrogen-bond acceptors (Lipinski definition) is 3. The van der Waals surface area contributed by atoms with Gasteiger partial charge in [-0.1, -0.05) is 121 Å². The lowest BCUT2D eigenvalue weighted by atomic mass is 9.43. The van der Waals surface area contributed by atoms with Gasteiger partial charge in [0.25, 0.3) is 0 Å². The summed E-state index contributed by atoms with van der Waals surface area (Å²) in [6, 6.07) is 60.4. The molecule has 0 fully saturated rings. The van der Waals surface area contributed by atoms with E-state index in [0.717, 1.165) is 33.4 Å². The molecule has 5 heteroatoms. The van der Waals surface area contributed by atoms with Crippen LogP contribution < -0.4 is 15.7 Å². The van der Waals surface area contributed by atoms with Gasteiger partial charge >= 0.3 is 6.85 Å². The Balaban J connectivity index is 1.23. The highest BCUT2D eigenvalue weighted by molar-refractivity contribution is 7.26. The van der Waals surface area contributed by atoms with Gasteiger partial charge in [0.2, 0.25) is 0 Å². The number of thiophene rings is 1. The summed E-state index contributed by atoms with van der Waals surface area (Å²) in [5, 5.41) is 6.39. The van der Waals surface area contributed by atoms with Crippen molar-refractivity contribution in [1.29, 1.82) is 0 Å². The van der Waals surface area contributed by atoms with Crippen molar-refractivity contribution in [3.63, 3.8) is 0 Å². The summed E-state index contributed by atoms with van der Waals surface area (Å²) in [5.74, 6) is 0.895. The first-order chi connectivity index (χ1) is 28.1. The highest BCUT2D eigenvalue weighted by atomic mass is 32.1. The van der Waals surface area contributed by atoms with E-state index in [1.807, 2.05) is 11.3 Å². The fourth-order valence-corrected chi connectivity index (χ4v) is 11.3. The lowest BCUT2D eigenvalue weighted by Gasteiger charge is -2.42. The fraction of sp³-hybridized carbons (Fsp3) is 0.0385. The van der Waals surface area contributed by atoms with Crippen molar-refractivity contribution in [2.24, 2.45) is 0 Å². The minimum atomic E-state index is -0.109. The second-order valence-corrected chi connectivity index (χ2v) is 16.8. The number of rotatable bonds is 3. The molecular weight excluding hydrogens is 711 g/mol. The molecule has 0 unspecified atom stereocenters. The zero-order valence-electron chi connectivity index (χ0n) is 31.4. The number of anilines is 2. The Hall–Kier alpha value is -6.82. The molecule has 57 heavy (non-hydrogen) atoms. The Morgan fingerprint density at radius 1 is 0.561 bits per heavy atom. The minimum Gasteiger partial charge on any atom is -0.455 e. The molecule has 0 radical (unpaired) electrons. The Kier molecular flexibility index (Phi) is 6.27. The highest BCUT2D eigenvalue weighted by Gasteiger charge is 2.45. The van der Waals surface area contributed by atoms with Crippen molar-refractivity contribution in [2.45, 2.75) is 13.8 Å². The Bertz CT molecular complexity index is 3490. The molecule has 0 saturated heterocycles. The number of hydrogen-bond donors (Lipinski definition) is 0. The van der Waals surface area contributed by atoms with Crippen LogP contribution in [0.25, 0.3) is 92.2 Å². The van der Waals surface area contributed by atoms with Crippen LogP contribution in [0.3, 0.4) is 0 Å². The topological polar surface area (TPSA) is 21.3 Å². The predicted molar refractivity (Wildman–Crippen MR) is 243 cm³/mol. The van der Waals surface area contributed by atoms with Crippen molar-refractivity contribution < 1.29 is 4.42 Å². The molecule has 5 heterocycles. The summed E-state index contributed by atoms with van der Waals surface area (Å²) in [4.78, 5) is 2.63. The molecule has 0 atom stereocenters. The molecule has 0 bridgehead atoms. The molecule has 3 nitrogen and oxygen atoms in total. The molecule has 0 saturated carbocycles. The summed E-state index contributed by atoms with van der Waals surface area (Å²) in [5.41, 5.74) is 18.1. The largest absolute Gasteiger partial charge is 0.455 e. The van der Waals surface area contributed by atoms with E-state index in [4.69, 9.17) is 4.42 Å². The SMILES string of the molecule is Cc1ccc(N2B3c4cc5oc(-c6ccccc6)c(-c6ccccc6)c5cc4-n4c5ccccc5c5c(C)cc(c3c54)-c3c2ccc2sc4ccccc4c32)cc1. The summed E-state index contributed by atoms with van der Waals surface area (Å²) >= 11 is 1.89. The van der Waals surface area contributed by atoms with Crippen LogP contribution in [0.1, 0.15) is 11.1 Å². The van der Waals surface area contributed by atoms with Crippen molar-refractivity contribution in [3.05, 3.63) is 175 Å². The van der Waals surface area contributed by atoms with Crippen molar-refractivity contribution in [1.82, 2.24) is 4.57 Å². The van der Waals surface area contributed by atoms with Gasteiger partial charge in [-0.3, -0.25) is 0 Å². The van der Waals surface area contributed by atoms with E-state index in [-0.39, 0.29) is 6.85 Å². The first-order valence-electron chi connectivity index (χ1n) is 19.7. The monoisotopic (exact) mass is 744 g/mol. The Morgan fingerprint density at radius 3 is 2.09 bits per heavy atom. The van der Waals surface area contributed by atoms with Crippen LogP contribution in [0, 0.1) is 13.8 Å². The Morgan fingerprint density at radius 2 is 1.28 bits per heavy atom. The standard InChI is InChI=1S/C52H33BN2OS/c1-30-21-23-34(24-22-30)55-41-25-26-45-49(36-18-10-12-20-44(36)57-45)48(41)38-27-31(2)46-35-17-9-11-19-40(35)54-42-28-37-43(29-39(42)53(55)50(38)51(46)54)56-52(33-15-7-4-8-16-33)47(37)32-13-5-3-6-14-32/h3-29H,1-2H3. The third-order valence-corrected chi connectivity index (χ3v) is 13.7. The lowest BCUT2D eigenvalue weighted by Crippen LogP contribution is -2.60. The summed E-state index contributed by atoms with van der Waals surface area (Å²) in [6.07, 6.45) is 0. The van der Waals surface area contributed by atoms with Gasteiger partial charge in [-0.05, 0) is 90.0 Å². The quantitative estimate of drug-likeness (QED) is 0.168. The van der Waals surface area contributed by atoms with E-state index in [0.29, 0.717) is 0 Å². The number of aromatic nitrogens is 1. The minimum absolute atomic E-state index is 0.109. The van der Waals surface area contributed by atoms with Gasteiger partial charge in [0.05, 0.1) is 11.0 Å². The molecular formula is C52H33BN2OS. The maximum absolute atomic E-state index is 7.09. The van der Waals surface area contributed by atoms with Crippen LogP contribution in [-0.4, -0.2) is 11.4 Å². The molecule has 8 aromatic carbocycles. The van der Waals surface area contributed by atoms with E-state index in [1.165, 1.54) is 92.2 Å². The van der Waals surface area contributed by atoms with E-state index < -0.39 is 0 Å². The summed E-state index contributed by atoms with van der Waals surface area (Å²) < 4.78 is 12.3. The number of furan rings is 1. The molecule has 0 aliphatic carbocycles. The van der Waals surface area contributed by atoms with Gasteiger partial charge in [-0.15, -0.1) is 11.3 Å². The average Bonchev–Trinajstić information content (AvgIpc) is 3.94. The van der Waals surface area contributed by atoms with E-state index in [9.17, 15) is 0 Å². The number of fused-ring (bicyclic) bond motifs is 13. The predicted octanol–water partition coefficient (Wildman–Crippen LogP) is 13.1. The molecule has 266 valence electrons. The molecule has 3 aromatic heterocycles. The maximum atomic E-state index is 7.09. The molecule has 2 aliphatic rings. The van der Waals surface area contributed by atoms with Crippen LogP contribution in [-0.2, 0) is 0 Å². The first kappa shape index (κ1) is 31.4. The number of nitrogens with zero attached hydrogens (tertiary/aromatic N) is 2. The molecule has 0 amide bonds. The van der Waals surface area contributed by atoms with Crippen molar-refractivity contribution >= 4 is 93.4 Å². The van der Waals surface area contributed by atoms with Crippen LogP contribution in [0.15, 0.2) is 168 Å². The van der Waals surface area contributed by atoms with Gasteiger partial charge in [0, 0.05) is 70.1 Å². The summed E-state index contributed by atoms with van der Waals surface area (Å²) in [7, 11) is 0. The third kappa shape index (κ3) is 4.16. The van der Waals surface area contributed by atoms with Gasteiger partial charge in [-0.25, -0.2) is 0 Å². The highest BCUT2D eigenvalue weighted by Crippen LogP contribution is 2.52. The zero-order chi connectivity index (χ0) is 37.5. The second kappa shape index (κ2) is 11.4. The molecule has 11 aromatic rings. The van der Waals surface area contributed by atoms with E-state index in [2.05, 4.69) is 187 Å². The van der Waals surface area contributed by atoms with Gasteiger partial charge in [0.1, 0.15) is 11.3 Å². The Labute approximate surface area is 333 Å². The lowest BCUT2D eigenvalue weighted by molar-refractivity contribution is 0.632.